The van der Waals surface area contributed by atoms with Crippen LogP contribution in [0.1, 0.15) is 37.6 Å². The summed E-state index contributed by atoms with van der Waals surface area (Å²) in [4.78, 5) is 27.9. The maximum Gasteiger partial charge on any atom is 0.252 e. The van der Waals surface area contributed by atoms with Gasteiger partial charge < -0.3 is 16.0 Å². The van der Waals surface area contributed by atoms with Gasteiger partial charge in [0, 0.05) is 26.3 Å². The summed E-state index contributed by atoms with van der Waals surface area (Å²) in [5.41, 5.74) is -0.176. The van der Waals surface area contributed by atoms with Crippen molar-refractivity contribution in [3.8, 4) is 0 Å². The van der Waals surface area contributed by atoms with Crippen LogP contribution in [-0.2, 0) is 4.79 Å². The van der Waals surface area contributed by atoms with Crippen LogP contribution in [0, 0.1) is 5.41 Å². The van der Waals surface area contributed by atoms with Crippen LogP contribution in [0.4, 0.5) is 5.82 Å². The molecule has 0 fully saturated rings. The molecule has 0 bridgehead atoms. The van der Waals surface area contributed by atoms with Gasteiger partial charge in [-0.1, -0.05) is 6.92 Å². The monoisotopic (exact) mass is 292 g/mol. The molecule has 0 unspecified atom stereocenters. The lowest BCUT2D eigenvalue weighted by Gasteiger charge is -2.22. The molecule has 0 radical (unpaired) electrons. The van der Waals surface area contributed by atoms with Gasteiger partial charge in [0.25, 0.3) is 5.91 Å². The first-order valence-corrected chi connectivity index (χ1v) is 7.11. The van der Waals surface area contributed by atoms with Crippen molar-refractivity contribution in [3.05, 3.63) is 23.9 Å². The highest BCUT2D eigenvalue weighted by atomic mass is 16.2. The number of hydrogen-bond donors (Lipinski definition) is 3. The first-order valence-electron chi connectivity index (χ1n) is 7.11. The molecule has 0 saturated carbocycles. The molecular weight excluding hydrogens is 268 g/mol. The van der Waals surface area contributed by atoms with Crippen LogP contribution in [0.25, 0.3) is 0 Å². The lowest BCUT2D eigenvalue weighted by atomic mass is 9.92. The Morgan fingerprint density at radius 2 is 2.00 bits per heavy atom. The van der Waals surface area contributed by atoms with Crippen molar-refractivity contribution in [1.82, 2.24) is 15.6 Å². The maximum absolute atomic E-state index is 12.0. The lowest BCUT2D eigenvalue weighted by Crippen LogP contribution is -2.43. The van der Waals surface area contributed by atoms with Gasteiger partial charge in [0.2, 0.25) is 5.91 Å². The summed E-state index contributed by atoms with van der Waals surface area (Å²) in [6.07, 6.45) is 2.54. The van der Waals surface area contributed by atoms with Crippen LogP contribution in [0.2, 0.25) is 0 Å². The summed E-state index contributed by atoms with van der Waals surface area (Å²) >= 11 is 0. The summed E-state index contributed by atoms with van der Waals surface area (Å²) in [6.45, 7) is 6.74. The van der Waals surface area contributed by atoms with E-state index in [2.05, 4.69) is 27.9 Å². The van der Waals surface area contributed by atoms with Crippen LogP contribution < -0.4 is 16.0 Å². The van der Waals surface area contributed by atoms with Crippen LogP contribution in [0.15, 0.2) is 18.3 Å². The quantitative estimate of drug-likeness (QED) is 0.709. The SMILES string of the molecule is CCCNc1ccc(C(=O)NCC(C)(C)C(=O)NC)cn1. The van der Waals surface area contributed by atoms with E-state index in [0.29, 0.717) is 5.56 Å². The highest BCUT2D eigenvalue weighted by molar-refractivity contribution is 5.94. The van der Waals surface area contributed by atoms with E-state index >= 15 is 0 Å². The zero-order chi connectivity index (χ0) is 15.9. The Morgan fingerprint density at radius 3 is 2.52 bits per heavy atom. The molecule has 0 spiro atoms. The van der Waals surface area contributed by atoms with E-state index in [1.807, 2.05) is 0 Å². The normalized spacial score (nSPS) is 10.9. The van der Waals surface area contributed by atoms with Crippen LogP contribution in [-0.4, -0.2) is 36.9 Å². The number of nitrogens with zero attached hydrogens (tertiary/aromatic N) is 1. The van der Waals surface area contributed by atoms with Gasteiger partial charge >= 0.3 is 0 Å². The number of carbonyl (C=O) groups excluding carboxylic acids is 2. The van der Waals surface area contributed by atoms with Crippen LogP contribution >= 0.6 is 0 Å². The first kappa shape index (κ1) is 16.9. The van der Waals surface area contributed by atoms with Crippen molar-refractivity contribution >= 4 is 17.6 Å². The number of rotatable bonds is 7. The molecule has 1 rings (SSSR count). The van der Waals surface area contributed by atoms with E-state index < -0.39 is 5.41 Å². The predicted octanol–water partition coefficient (Wildman–Crippen LogP) is 1.41. The zero-order valence-corrected chi connectivity index (χ0v) is 13.1. The van der Waals surface area contributed by atoms with Crippen LogP contribution in [0.5, 0.6) is 0 Å². The van der Waals surface area contributed by atoms with Crippen molar-refractivity contribution in [2.45, 2.75) is 27.2 Å². The molecule has 1 aromatic rings. The third-order valence-corrected chi connectivity index (χ3v) is 3.11. The minimum absolute atomic E-state index is 0.111. The Bertz CT molecular complexity index is 483. The van der Waals surface area contributed by atoms with E-state index in [1.165, 1.54) is 6.20 Å². The molecule has 0 aliphatic heterocycles. The zero-order valence-electron chi connectivity index (χ0n) is 13.1. The predicted molar refractivity (Wildman–Crippen MR) is 83.2 cm³/mol. The van der Waals surface area contributed by atoms with Gasteiger partial charge in [-0.2, -0.15) is 0 Å². The molecule has 2 amide bonds. The second kappa shape index (κ2) is 7.61. The van der Waals surface area contributed by atoms with Gasteiger partial charge in [-0.3, -0.25) is 9.59 Å². The van der Waals surface area contributed by atoms with E-state index in [4.69, 9.17) is 0 Å². The highest BCUT2D eigenvalue weighted by Gasteiger charge is 2.27. The summed E-state index contributed by atoms with van der Waals surface area (Å²) in [5, 5.41) is 8.49. The number of nitrogens with one attached hydrogen (secondary N) is 3. The molecule has 0 aliphatic rings. The Balaban J connectivity index is 2.58. The fourth-order valence-corrected chi connectivity index (χ4v) is 1.71. The van der Waals surface area contributed by atoms with Gasteiger partial charge in [-0.25, -0.2) is 4.98 Å². The average Bonchev–Trinajstić information content (AvgIpc) is 2.50. The number of aromatic nitrogens is 1. The largest absolute Gasteiger partial charge is 0.370 e. The Kier molecular flexibility index (Phi) is 6.14. The molecule has 1 aromatic heterocycles. The summed E-state index contributed by atoms with van der Waals surface area (Å²) in [5.74, 6) is 0.403. The molecule has 3 N–H and O–H groups in total. The van der Waals surface area contributed by atoms with E-state index in [0.717, 1.165) is 18.8 Å². The molecule has 0 saturated heterocycles. The molecule has 21 heavy (non-hydrogen) atoms. The molecular formula is C15H24N4O2. The topological polar surface area (TPSA) is 83.1 Å². The summed E-state index contributed by atoms with van der Waals surface area (Å²) < 4.78 is 0. The Morgan fingerprint density at radius 1 is 1.29 bits per heavy atom. The molecule has 0 aromatic carbocycles. The molecule has 116 valence electrons. The van der Waals surface area contributed by atoms with Crippen molar-refractivity contribution < 1.29 is 9.59 Å². The highest BCUT2D eigenvalue weighted by Crippen LogP contribution is 2.13. The second-order valence-corrected chi connectivity index (χ2v) is 5.50. The van der Waals surface area contributed by atoms with Crippen molar-refractivity contribution in [2.75, 3.05) is 25.5 Å². The standard InChI is InChI=1S/C15H24N4O2/c1-5-8-17-12-7-6-11(9-18-12)13(20)19-10-15(2,3)14(21)16-4/h6-7,9H,5,8,10H2,1-4H3,(H,16,21)(H,17,18)(H,19,20). The molecule has 6 nitrogen and oxygen atoms in total. The molecule has 1 heterocycles. The van der Waals surface area contributed by atoms with Gasteiger partial charge in [-0.05, 0) is 32.4 Å². The lowest BCUT2D eigenvalue weighted by molar-refractivity contribution is -0.128. The molecule has 0 aliphatic carbocycles. The second-order valence-electron chi connectivity index (χ2n) is 5.50. The smallest absolute Gasteiger partial charge is 0.252 e. The fourth-order valence-electron chi connectivity index (χ4n) is 1.71. The Hall–Kier alpha value is -2.11. The molecule has 0 atom stereocenters. The van der Waals surface area contributed by atoms with Gasteiger partial charge in [0.05, 0.1) is 11.0 Å². The summed E-state index contributed by atoms with van der Waals surface area (Å²) in [7, 11) is 1.58. The Labute approximate surface area is 125 Å². The first-order chi connectivity index (χ1) is 9.90. The van der Waals surface area contributed by atoms with Crippen molar-refractivity contribution in [1.29, 1.82) is 0 Å². The van der Waals surface area contributed by atoms with Gasteiger partial charge in [0.1, 0.15) is 5.82 Å². The van der Waals surface area contributed by atoms with Crippen molar-refractivity contribution in [2.24, 2.45) is 5.41 Å². The number of anilines is 1. The average molecular weight is 292 g/mol. The minimum Gasteiger partial charge on any atom is -0.370 e. The van der Waals surface area contributed by atoms with E-state index in [1.54, 1.807) is 33.0 Å². The number of pyridine rings is 1. The fraction of sp³-hybridized carbons (Fsp3) is 0.533. The third kappa shape index (κ3) is 5.06. The maximum atomic E-state index is 12.0. The summed E-state index contributed by atoms with van der Waals surface area (Å²) in [6, 6.07) is 3.49. The van der Waals surface area contributed by atoms with Crippen molar-refractivity contribution in [3.63, 3.8) is 0 Å². The third-order valence-electron chi connectivity index (χ3n) is 3.11. The van der Waals surface area contributed by atoms with E-state index in [-0.39, 0.29) is 18.4 Å². The number of amides is 2. The van der Waals surface area contributed by atoms with E-state index in [9.17, 15) is 9.59 Å². The number of hydrogen-bond acceptors (Lipinski definition) is 4. The van der Waals surface area contributed by atoms with Gasteiger partial charge in [-0.15, -0.1) is 0 Å². The van der Waals surface area contributed by atoms with Gasteiger partial charge in [0.15, 0.2) is 0 Å². The number of carbonyl (C=O) groups is 2. The van der Waals surface area contributed by atoms with Crippen LogP contribution in [0.3, 0.4) is 0 Å². The molecule has 6 heteroatoms. The minimum atomic E-state index is -0.652.